The van der Waals surface area contributed by atoms with Crippen molar-refractivity contribution in [3.8, 4) is 5.75 Å². The van der Waals surface area contributed by atoms with Gasteiger partial charge in [0.1, 0.15) is 5.75 Å². The van der Waals surface area contributed by atoms with E-state index < -0.39 is 0 Å². The minimum absolute atomic E-state index is 0.346. The number of anilines is 2. The molecule has 0 saturated heterocycles. The van der Waals surface area contributed by atoms with Gasteiger partial charge in [-0.05, 0) is 49.4 Å². The van der Waals surface area contributed by atoms with Crippen LogP contribution in [0.5, 0.6) is 5.75 Å². The molecule has 5 heteroatoms. The van der Waals surface area contributed by atoms with Crippen LogP contribution in [0, 0.1) is 0 Å². The summed E-state index contributed by atoms with van der Waals surface area (Å²) in [7, 11) is 0. The molecule has 1 heterocycles. The second kappa shape index (κ2) is 5.63. The molecular weight excluding hydrogens is 316 g/mol. The summed E-state index contributed by atoms with van der Waals surface area (Å²) in [6.45, 7) is 2.41. The molecule has 0 atom stereocenters. The van der Waals surface area contributed by atoms with Crippen LogP contribution in [0.2, 0.25) is 0 Å². The molecular formula is C20H16N2O3. The molecule has 25 heavy (non-hydrogen) atoms. The lowest BCUT2D eigenvalue weighted by Crippen LogP contribution is -2.40. The predicted octanol–water partition coefficient (Wildman–Crippen LogP) is 3.62. The van der Waals surface area contributed by atoms with Crippen LogP contribution in [0.1, 0.15) is 27.6 Å². The molecule has 0 aliphatic carbocycles. The normalized spacial score (nSPS) is 13.4. The highest BCUT2D eigenvalue weighted by Gasteiger charge is 2.34. The predicted molar refractivity (Wildman–Crippen MR) is 97.1 cm³/mol. The first-order valence-corrected chi connectivity index (χ1v) is 8.04. The molecule has 3 aromatic carbocycles. The molecule has 5 nitrogen and oxygen atoms in total. The molecule has 0 fully saturated rings. The number of carbonyl (C=O) groups is 2. The van der Waals surface area contributed by atoms with Crippen LogP contribution in [0.4, 0.5) is 11.4 Å². The van der Waals surface area contributed by atoms with Crippen molar-refractivity contribution in [1.29, 1.82) is 0 Å². The Morgan fingerprint density at radius 3 is 2.28 bits per heavy atom. The quantitative estimate of drug-likeness (QED) is 0.587. The van der Waals surface area contributed by atoms with Gasteiger partial charge < -0.3 is 10.5 Å². The van der Waals surface area contributed by atoms with Crippen molar-refractivity contribution in [3.05, 3.63) is 65.7 Å². The van der Waals surface area contributed by atoms with Crippen molar-refractivity contribution >= 4 is 34.0 Å². The Balaban J connectivity index is 1.94. The van der Waals surface area contributed by atoms with Gasteiger partial charge in [0.15, 0.2) is 0 Å². The second-order valence-electron chi connectivity index (χ2n) is 5.81. The molecule has 124 valence electrons. The Hall–Kier alpha value is -3.34. The van der Waals surface area contributed by atoms with E-state index in [0.717, 1.165) is 5.39 Å². The fourth-order valence-corrected chi connectivity index (χ4v) is 3.21. The molecule has 0 radical (unpaired) electrons. The van der Waals surface area contributed by atoms with E-state index in [-0.39, 0.29) is 11.8 Å². The van der Waals surface area contributed by atoms with Crippen molar-refractivity contribution in [2.75, 3.05) is 17.2 Å². The van der Waals surface area contributed by atoms with Gasteiger partial charge in [-0.2, -0.15) is 0 Å². The molecule has 1 aliphatic rings. The number of carbonyl (C=O) groups excluding carboxylic acids is 2. The molecule has 1 aliphatic heterocycles. The summed E-state index contributed by atoms with van der Waals surface area (Å²) >= 11 is 0. The first-order valence-electron chi connectivity index (χ1n) is 8.04. The first-order chi connectivity index (χ1) is 12.1. The van der Waals surface area contributed by atoms with Gasteiger partial charge >= 0.3 is 0 Å². The minimum Gasteiger partial charge on any atom is -0.493 e. The van der Waals surface area contributed by atoms with Gasteiger partial charge in [-0.25, -0.2) is 4.90 Å². The van der Waals surface area contributed by atoms with Gasteiger partial charge in [-0.3, -0.25) is 9.59 Å². The molecule has 2 N–H and O–H groups in total. The molecule has 0 bridgehead atoms. The number of hydrogen-bond donors (Lipinski definition) is 1. The maximum absolute atomic E-state index is 13.0. The van der Waals surface area contributed by atoms with E-state index in [2.05, 4.69) is 0 Å². The van der Waals surface area contributed by atoms with Gasteiger partial charge in [0.25, 0.3) is 11.8 Å². The van der Waals surface area contributed by atoms with Gasteiger partial charge in [0.05, 0.1) is 12.3 Å². The minimum atomic E-state index is -0.346. The number of nitrogens with zero attached hydrogens (tertiary/aromatic N) is 1. The fourth-order valence-electron chi connectivity index (χ4n) is 3.21. The van der Waals surface area contributed by atoms with E-state index in [1.54, 1.807) is 48.5 Å². The van der Waals surface area contributed by atoms with Crippen LogP contribution in [0.15, 0.2) is 54.6 Å². The number of nitrogen functional groups attached to an aromatic ring is 1. The smallest absolute Gasteiger partial charge is 0.265 e. The maximum Gasteiger partial charge on any atom is 0.265 e. The van der Waals surface area contributed by atoms with E-state index in [0.29, 0.717) is 40.2 Å². The van der Waals surface area contributed by atoms with Crippen LogP contribution >= 0.6 is 0 Å². The van der Waals surface area contributed by atoms with E-state index in [1.165, 1.54) is 4.90 Å². The van der Waals surface area contributed by atoms with Crippen LogP contribution < -0.4 is 15.4 Å². The number of benzene rings is 3. The second-order valence-corrected chi connectivity index (χ2v) is 5.81. The summed E-state index contributed by atoms with van der Waals surface area (Å²) in [5.74, 6) is -0.0207. The third kappa shape index (κ3) is 2.24. The fraction of sp³-hybridized carbons (Fsp3) is 0.100. The lowest BCUT2D eigenvalue weighted by molar-refractivity contribution is 0.0893. The largest absolute Gasteiger partial charge is 0.493 e. The Morgan fingerprint density at radius 1 is 0.920 bits per heavy atom. The average molecular weight is 332 g/mol. The highest BCUT2D eigenvalue weighted by Crippen LogP contribution is 2.37. The summed E-state index contributed by atoms with van der Waals surface area (Å²) < 4.78 is 5.64. The van der Waals surface area contributed by atoms with E-state index in [1.807, 2.05) is 13.0 Å². The van der Waals surface area contributed by atoms with Crippen molar-refractivity contribution < 1.29 is 14.3 Å². The SMILES string of the molecule is CCOc1ccc2c3c(cccc13)C(=O)N(c1ccc(N)cc1)C2=O. The number of ether oxygens (including phenoxy) is 1. The number of nitrogens with two attached hydrogens (primary N) is 1. The Bertz CT molecular complexity index is 987. The van der Waals surface area contributed by atoms with Crippen molar-refractivity contribution in [3.63, 3.8) is 0 Å². The Morgan fingerprint density at radius 2 is 1.60 bits per heavy atom. The Labute approximate surface area is 144 Å². The highest BCUT2D eigenvalue weighted by atomic mass is 16.5. The standard InChI is InChI=1S/C20H16N2O3/c1-2-25-17-11-10-16-18-14(17)4-3-5-15(18)19(23)22(20(16)24)13-8-6-12(21)7-9-13/h3-11H,2,21H2,1H3. The van der Waals surface area contributed by atoms with Crippen molar-refractivity contribution in [2.45, 2.75) is 6.92 Å². The summed E-state index contributed by atoms with van der Waals surface area (Å²) in [6, 6.07) is 15.6. The third-order valence-electron chi connectivity index (χ3n) is 4.32. The third-order valence-corrected chi connectivity index (χ3v) is 4.32. The molecule has 0 unspecified atom stereocenters. The van der Waals surface area contributed by atoms with E-state index >= 15 is 0 Å². The van der Waals surface area contributed by atoms with E-state index in [4.69, 9.17) is 10.5 Å². The zero-order valence-corrected chi connectivity index (χ0v) is 13.7. The molecule has 4 rings (SSSR count). The monoisotopic (exact) mass is 332 g/mol. The molecule has 0 aromatic heterocycles. The molecule has 0 spiro atoms. The van der Waals surface area contributed by atoms with Crippen LogP contribution in [-0.4, -0.2) is 18.4 Å². The summed E-state index contributed by atoms with van der Waals surface area (Å²) in [5.41, 5.74) is 7.76. The number of rotatable bonds is 3. The zero-order valence-electron chi connectivity index (χ0n) is 13.7. The molecule has 3 aromatic rings. The number of amides is 2. The van der Waals surface area contributed by atoms with Gasteiger partial charge in [-0.1, -0.05) is 12.1 Å². The highest BCUT2D eigenvalue weighted by molar-refractivity contribution is 6.36. The van der Waals surface area contributed by atoms with Crippen molar-refractivity contribution in [1.82, 2.24) is 0 Å². The van der Waals surface area contributed by atoms with Crippen LogP contribution in [0.25, 0.3) is 10.8 Å². The topological polar surface area (TPSA) is 72.6 Å². The number of imide groups is 1. The zero-order chi connectivity index (χ0) is 17.6. The average Bonchev–Trinajstić information content (AvgIpc) is 2.62. The Kier molecular flexibility index (Phi) is 3.42. The van der Waals surface area contributed by atoms with Crippen LogP contribution in [-0.2, 0) is 0 Å². The lowest BCUT2D eigenvalue weighted by atomic mass is 9.93. The summed E-state index contributed by atoms with van der Waals surface area (Å²) in [6.07, 6.45) is 0. The van der Waals surface area contributed by atoms with Crippen molar-refractivity contribution in [2.24, 2.45) is 0 Å². The molecule has 0 saturated carbocycles. The van der Waals surface area contributed by atoms with Gasteiger partial charge in [0, 0.05) is 27.6 Å². The van der Waals surface area contributed by atoms with E-state index in [9.17, 15) is 9.59 Å². The molecule has 2 amide bonds. The maximum atomic E-state index is 13.0. The van der Waals surface area contributed by atoms with Gasteiger partial charge in [-0.15, -0.1) is 0 Å². The lowest BCUT2D eigenvalue weighted by Gasteiger charge is -2.27. The summed E-state index contributed by atoms with van der Waals surface area (Å²) in [5, 5.41) is 1.42. The van der Waals surface area contributed by atoms with Crippen LogP contribution in [0.3, 0.4) is 0 Å². The summed E-state index contributed by atoms with van der Waals surface area (Å²) in [4.78, 5) is 27.2. The first kappa shape index (κ1) is 15.2. The van der Waals surface area contributed by atoms with Gasteiger partial charge in [0.2, 0.25) is 0 Å². The number of hydrogen-bond acceptors (Lipinski definition) is 4.